The summed E-state index contributed by atoms with van der Waals surface area (Å²) in [5, 5.41) is 0. The first-order chi connectivity index (χ1) is 6.02. The van der Waals surface area contributed by atoms with Crippen molar-refractivity contribution in [1.29, 1.82) is 0 Å². The Morgan fingerprint density at radius 3 is 2.38 bits per heavy atom. The van der Waals surface area contributed by atoms with Crippen LogP contribution in [0.4, 0.5) is 0 Å². The molecule has 13 heavy (non-hydrogen) atoms. The third-order valence-corrected chi connectivity index (χ3v) is 1.61. The van der Waals surface area contributed by atoms with Crippen molar-refractivity contribution < 1.29 is 14.3 Å². The lowest BCUT2D eigenvalue weighted by molar-refractivity contribution is -0.146. The maximum Gasteiger partial charge on any atom is 0.325 e. The Morgan fingerprint density at radius 1 is 1.54 bits per heavy atom. The zero-order valence-electron chi connectivity index (χ0n) is 8.24. The topological polar surface area (TPSA) is 46.6 Å². The van der Waals surface area contributed by atoms with Crippen LogP contribution in [0.5, 0.6) is 0 Å². The van der Waals surface area contributed by atoms with Crippen molar-refractivity contribution in [3.8, 4) is 0 Å². The summed E-state index contributed by atoms with van der Waals surface area (Å²) in [5.74, 6) is -0.690. The molecule has 0 rings (SSSR count). The maximum atomic E-state index is 11.2. The van der Waals surface area contributed by atoms with Crippen LogP contribution in [-0.4, -0.2) is 36.5 Å². The number of hydrogen-bond donors (Lipinski definition) is 0. The van der Waals surface area contributed by atoms with Crippen molar-refractivity contribution in [1.82, 2.24) is 4.90 Å². The van der Waals surface area contributed by atoms with Crippen LogP contribution in [0.15, 0.2) is 12.7 Å². The van der Waals surface area contributed by atoms with E-state index in [1.807, 2.05) is 13.8 Å². The lowest BCUT2D eigenvalue weighted by Crippen LogP contribution is -2.40. The van der Waals surface area contributed by atoms with Gasteiger partial charge in [0.15, 0.2) is 0 Å². The predicted molar refractivity (Wildman–Crippen MR) is 49.1 cm³/mol. The minimum atomic E-state index is -0.427. The molecule has 0 spiro atoms. The van der Waals surface area contributed by atoms with Crippen molar-refractivity contribution in [3.63, 3.8) is 0 Å². The fourth-order valence-electron chi connectivity index (χ4n) is 0.836. The van der Waals surface area contributed by atoms with Crippen molar-refractivity contribution in [2.24, 2.45) is 0 Å². The van der Waals surface area contributed by atoms with E-state index in [1.165, 1.54) is 18.1 Å². The highest BCUT2D eigenvalue weighted by molar-refractivity contribution is 5.90. The van der Waals surface area contributed by atoms with E-state index in [0.29, 0.717) is 0 Å². The lowest BCUT2D eigenvalue weighted by atomic mass is 10.3. The molecule has 0 radical (unpaired) electrons. The molecule has 0 unspecified atom stereocenters. The normalized spacial score (nSPS) is 9.54. The van der Waals surface area contributed by atoms with Gasteiger partial charge in [0.2, 0.25) is 5.91 Å². The third-order valence-electron chi connectivity index (χ3n) is 1.61. The van der Waals surface area contributed by atoms with E-state index in [0.717, 1.165) is 0 Å². The largest absolute Gasteiger partial charge is 0.468 e. The molecule has 0 heterocycles. The van der Waals surface area contributed by atoms with Crippen LogP contribution in [0.1, 0.15) is 13.8 Å². The number of methoxy groups -OCH3 is 1. The molecule has 0 bridgehead atoms. The molecule has 1 amide bonds. The second-order valence-corrected chi connectivity index (χ2v) is 2.84. The number of hydrogen-bond acceptors (Lipinski definition) is 3. The summed E-state index contributed by atoms with van der Waals surface area (Å²) < 4.78 is 4.46. The Balaban J connectivity index is 4.34. The number of esters is 1. The first-order valence-electron chi connectivity index (χ1n) is 4.02. The number of ether oxygens (including phenoxy) is 1. The molecular weight excluding hydrogens is 170 g/mol. The van der Waals surface area contributed by atoms with Crippen LogP contribution in [0.2, 0.25) is 0 Å². The molecule has 0 aliphatic heterocycles. The van der Waals surface area contributed by atoms with Crippen LogP contribution in [0.3, 0.4) is 0 Å². The third kappa shape index (κ3) is 3.73. The van der Waals surface area contributed by atoms with E-state index in [9.17, 15) is 9.59 Å². The van der Waals surface area contributed by atoms with Gasteiger partial charge in [-0.15, -0.1) is 0 Å². The molecular formula is C9H15NO3. The number of amides is 1. The molecule has 0 N–H and O–H groups in total. The molecule has 0 saturated heterocycles. The first kappa shape index (κ1) is 11.7. The highest BCUT2D eigenvalue weighted by Gasteiger charge is 2.17. The summed E-state index contributed by atoms with van der Waals surface area (Å²) in [5.41, 5.74) is 0. The van der Waals surface area contributed by atoms with Gasteiger partial charge in [0.25, 0.3) is 0 Å². The molecule has 4 heteroatoms. The smallest absolute Gasteiger partial charge is 0.325 e. The van der Waals surface area contributed by atoms with E-state index in [1.54, 1.807) is 0 Å². The van der Waals surface area contributed by atoms with Gasteiger partial charge in [-0.2, -0.15) is 0 Å². The van der Waals surface area contributed by atoms with Crippen molar-refractivity contribution in [3.05, 3.63) is 12.7 Å². The monoisotopic (exact) mass is 185 g/mol. The zero-order valence-corrected chi connectivity index (χ0v) is 8.24. The molecule has 0 aliphatic carbocycles. The summed E-state index contributed by atoms with van der Waals surface area (Å²) in [6.07, 6.45) is 1.18. The predicted octanol–water partition coefficient (Wildman–Crippen LogP) is 0.582. The molecule has 0 aromatic rings. The molecule has 0 aromatic carbocycles. The van der Waals surface area contributed by atoms with Gasteiger partial charge >= 0.3 is 5.97 Å². The van der Waals surface area contributed by atoms with Gasteiger partial charge in [0.1, 0.15) is 6.54 Å². The Labute approximate surface area is 78.2 Å². The molecule has 74 valence electrons. The SMILES string of the molecule is C=CC(=O)N(CC(=O)OC)C(C)C. The molecule has 0 atom stereocenters. The van der Waals surface area contributed by atoms with Gasteiger partial charge in [-0.25, -0.2) is 0 Å². The number of rotatable bonds is 4. The van der Waals surface area contributed by atoms with Crippen molar-refractivity contribution in [2.75, 3.05) is 13.7 Å². The summed E-state index contributed by atoms with van der Waals surface area (Å²) in [6, 6.07) is -0.0374. The summed E-state index contributed by atoms with van der Waals surface area (Å²) >= 11 is 0. The second-order valence-electron chi connectivity index (χ2n) is 2.84. The van der Waals surface area contributed by atoms with Crippen LogP contribution in [0.25, 0.3) is 0 Å². The fraction of sp³-hybridized carbons (Fsp3) is 0.556. The van der Waals surface area contributed by atoms with Gasteiger partial charge in [0, 0.05) is 6.04 Å². The van der Waals surface area contributed by atoms with E-state index in [-0.39, 0.29) is 18.5 Å². The van der Waals surface area contributed by atoms with Gasteiger partial charge in [-0.3, -0.25) is 9.59 Å². The summed E-state index contributed by atoms with van der Waals surface area (Å²) in [7, 11) is 1.29. The highest BCUT2D eigenvalue weighted by Crippen LogP contribution is 1.99. The van der Waals surface area contributed by atoms with E-state index in [2.05, 4.69) is 11.3 Å². The maximum absolute atomic E-state index is 11.2. The average molecular weight is 185 g/mol. The van der Waals surface area contributed by atoms with Crippen LogP contribution in [-0.2, 0) is 14.3 Å². The van der Waals surface area contributed by atoms with Gasteiger partial charge in [-0.1, -0.05) is 6.58 Å². The summed E-state index contributed by atoms with van der Waals surface area (Å²) in [6.45, 7) is 6.97. The lowest BCUT2D eigenvalue weighted by Gasteiger charge is -2.23. The van der Waals surface area contributed by atoms with Gasteiger partial charge in [0.05, 0.1) is 7.11 Å². The first-order valence-corrected chi connectivity index (χ1v) is 4.02. The van der Waals surface area contributed by atoms with Crippen molar-refractivity contribution in [2.45, 2.75) is 19.9 Å². The van der Waals surface area contributed by atoms with Crippen molar-refractivity contribution >= 4 is 11.9 Å². The molecule has 0 fully saturated rings. The fourth-order valence-corrected chi connectivity index (χ4v) is 0.836. The number of nitrogens with zero attached hydrogens (tertiary/aromatic N) is 1. The Hall–Kier alpha value is -1.32. The van der Waals surface area contributed by atoms with Crippen LogP contribution in [0, 0.1) is 0 Å². The second kappa shape index (κ2) is 5.35. The Morgan fingerprint density at radius 2 is 2.08 bits per heavy atom. The molecule has 0 saturated carbocycles. The van der Waals surface area contributed by atoms with Gasteiger partial charge in [-0.05, 0) is 19.9 Å². The van der Waals surface area contributed by atoms with Crippen LogP contribution >= 0.6 is 0 Å². The van der Waals surface area contributed by atoms with E-state index < -0.39 is 5.97 Å². The number of carbonyl (C=O) groups is 2. The summed E-state index contributed by atoms with van der Waals surface area (Å²) in [4.78, 5) is 23.5. The van der Waals surface area contributed by atoms with E-state index >= 15 is 0 Å². The minimum Gasteiger partial charge on any atom is -0.468 e. The average Bonchev–Trinajstić information content (AvgIpc) is 2.11. The Bertz CT molecular complexity index is 211. The van der Waals surface area contributed by atoms with Gasteiger partial charge < -0.3 is 9.64 Å². The highest BCUT2D eigenvalue weighted by atomic mass is 16.5. The van der Waals surface area contributed by atoms with E-state index in [4.69, 9.17) is 0 Å². The minimum absolute atomic E-state index is 0.0288. The Kier molecular flexibility index (Phi) is 4.80. The zero-order chi connectivity index (χ0) is 10.4. The molecule has 0 aromatic heterocycles. The quantitative estimate of drug-likeness (QED) is 0.475. The number of carbonyl (C=O) groups excluding carboxylic acids is 2. The van der Waals surface area contributed by atoms with Crippen LogP contribution < -0.4 is 0 Å². The molecule has 0 aliphatic rings. The standard InChI is InChI=1S/C9H15NO3/c1-5-8(11)10(7(2)3)6-9(12)13-4/h5,7H,1,6H2,2-4H3. The molecule has 4 nitrogen and oxygen atoms in total.